The van der Waals surface area contributed by atoms with E-state index in [1.54, 1.807) is 0 Å². The number of carbonyl (C=O) groups excluding carboxylic acids is 1. The van der Waals surface area contributed by atoms with E-state index in [-0.39, 0.29) is 12.5 Å². The van der Waals surface area contributed by atoms with Gasteiger partial charge in [0, 0.05) is 5.56 Å². The second kappa shape index (κ2) is 8.46. The van der Waals surface area contributed by atoms with E-state index in [0.29, 0.717) is 28.3 Å². The molecule has 0 spiro atoms. The summed E-state index contributed by atoms with van der Waals surface area (Å²) in [6, 6.07) is 15.4. The number of anilines is 1. The average molecular weight is 420 g/mol. The fraction of sp³-hybridized carbons (Fsp3) is 0.182. The summed E-state index contributed by atoms with van der Waals surface area (Å²) in [6.45, 7) is 5.72. The molecule has 1 amide bonds. The number of thiazole rings is 1. The molecule has 0 radical (unpaired) electrons. The third kappa shape index (κ3) is 4.38. The number of rotatable bonds is 6. The van der Waals surface area contributed by atoms with Crippen LogP contribution in [0.2, 0.25) is 0 Å². The molecule has 152 valence electrons. The number of aromatic nitrogens is 3. The zero-order valence-corrected chi connectivity index (χ0v) is 17.6. The second-order valence-electron chi connectivity index (χ2n) is 6.82. The van der Waals surface area contributed by atoms with Gasteiger partial charge in [0.15, 0.2) is 11.7 Å². The van der Waals surface area contributed by atoms with Crippen LogP contribution in [0.5, 0.6) is 5.75 Å². The lowest BCUT2D eigenvalue weighted by molar-refractivity contribution is -0.118. The summed E-state index contributed by atoms with van der Waals surface area (Å²) < 4.78 is 11.0. The fourth-order valence-corrected chi connectivity index (χ4v) is 3.74. The Labute approximate surface area is 177 Å². The molecule has 0 bridgehead atoms. The highest BCUT2D eigenvalue weighted by Crippen LogP contribution is 2.33. The maximum Gasteiger partial charge on any atom is 0.270 e. The van der Waals surface area contributed by atoms with Crippen LogP contribution in [0.25, 0.3) is 22.2 Å². The molecule has 0 aliphatic carbocycles. The van der Waals surface area contributed by atoms with Gasteiger partial charge in [-0.15, -0.1) is 0 Å². The third-order valence-electron chi connectivity index (χ3n) is 4.44. The van der Waals surface area contributed by atoms with Gasteiger partial charge in [-0.05, 0) is 38.5 Å². The summed E-state index contributed by atoms with van der Waals surface area (Å²) >= 11 is 1.28. The van der Waals surface area contributed by atoms with Crippen LogP contribution in [0.4, 0.5) is 5.13 Å². The normalized spacial score (nSPS) is 10.8. The van der Waals surface area contributed by atoms with Crippen LogP contribution < -0.4 is 10.1 Å². The number of nitrogens with one attached hydrogen (secondary N) is 1. The number of ether oxygens (including phenoxy) is 1. The molecule has 30 heavy (non-hydrogen) atoms. The van der Waals surface area contributed by atoms with Crippen molar-refractivity contribution in [2.45, 2.75) is 20.8 Å². The molecule has 0 aliphatic heterocycles. The Balaban J connectivity index is 1.44. The Hall–Kier alpha value is -3.52. The van der Waals surface area contributed by atoms with Crippen LogP contribution in [-0.2, 0) is 4.79 Å². The van der Waals surface area contributed by atoms with Crippen molar-refractivity contribution in [3.8, 4) is 27.9 Å². The van der Waals surface area contributed by atoms with Crippen LogP contribution in [0.15, 0.2) is 53.1 Å². The molecule has 4 rings (SSSR count). The zero-order valence-electron chi connectivity index (χ0n) is 16.8. The molecule has 0 saturated carbocycles. The van der Waals surface area contributed by atoms with Crippen molar-refractivity contribution in [1.29, 1.82) is 0 Å². The van der Waals surface area contributed by atoms with E-state index in [0.717, 1.165) is 21.6 Å². The highest BCUT2D eigenvalue weighted by atomic mass is 32.1. The van der Waals surface area contributed by atoms with Crippen LogP contribution >= 0.6 is 11.3 Å². The lowest BCUT2D eigenvalue weighted by atomic mass is 10.1. The molecule has 0 atom stereocenters. The first-order chi connectivity index (χ1) is 14.5. The molecule has 8 heteroatoms. The summed E-state index contributed by atoms with van der Waals surface area (Å²) in [4.78, 5) is 21.8. The van der Waals surface area contributed by atoms with Crippen molar-refractivity contribution in [3.63, 3.8) is 0 Å². The molecule has 0 unspecified atom stereocenters. The summed E-state index contributed by atoms with van der Waals surface area (Å²) in [5.41, 5.74) is 3.81. The Morgan fingerprint density at radius 1 is 1.07 bits per heavy atom. The molecule has 1 N–H and O–H groups in total. The number of nitrogens with zero attached hydrogens (tertiary/aromatic N) is 3. The molecule has 0 fully saturated rings. The predicted molar refractivity (Wildman–Crippen MR) is 116 cm³/mol. The molecule has 4 aromatic rings. The van der Waals surface area contributed by atoms with E-state index in [1.807, 2.05) is 69.3 Å². The molecule has 2 heterocycles. The number of hydrogen-bond donors (Lipinski definition) is 1. The van der Waals surface area contributed by atoms with Gasteiger partial charge < -0.3 is 9.26 Å². The van der Waals surface area contributed by atoms with Gasteiger partial charge >= 0.3 is 0 Å². The van der Waals surface area contributed by atoms with Gasteiger partial charge in [-0.25, -0.2) is 4.98 Å². The minimum atomic E-state index is -0.290. The monoisotopic (exact) mass is 420 g/mol. The molecule has 7 nitrogen and oxygen atoms in total. The molecule has 0 aliphatic rings. The van der Waals surface area contributed by atoms with E-state index in [2.05, 4.69) is 20.4 Å². The lowest BCUT2D eigenvalue weighted by Gasteiger charge is -2.05. The Morgan fingerprint density at radius 2 is 1.83 bits per heavy atom. The number of carbonyl (C=O) groups is 1. The van der Waals surface area contributed by atoms with Gasteiger partial charge in [-0.1, -0.05) is 58.5 Å². The topological polar surface area (TPSA) is 90.1 Å². The van der Waals surface area contributed by atoms with Crippen molar-refractivity contribution in [2.75, 3.05) is 11.9 Å². The van der Waals surface area contributed by atoms with Crippen molar-refractivity contribution < 1.29 is 14.1 Å². The van der Waals surface area contributed by atoms with Gasteiger partial charge in [-0.2, -0.15) is 4.98 Å². The van der Waals surface area contributed by atoms with Crippen molar-refractivity contribution in [1.82, 2.24) is 15.1 Å². The first-order valence-corrected chi connectivity index (χ1v) is 10.2. The van der Waals surface area contributed by atoms with Crippen LogP contribution in [0.3, 0.4) is 0 Å². The minimum Gasteiger partial charge on any atom is -0.484 e. The maximum atomic E-state index is 12.2. The van der Waals surface area contributed by atoms with Crippen molar-refractivity contribution in [2.24, 2.45) is 0 Å². The van der Waals surface area contributed by atoms with Gasteiger partial charge in [-0.3, -0.25) is 10.1 Å². The molecule has 2 aromatic heterocycles. The summed E-state index contributed by atoms with van der Waals surface area (Å²) in [5.74, 6) is 1.25. The molecular formula is C22H20N4O3S. The quantitative estimate of drug-likeness (QED) is 0.482. The zero-order chi connectivity index (χ0) is 21.1. The summed E-state index contributed by atoms with van der Waals surface area (Å²) in [7, 11) is 0. The van der Waals surface area contributed by atoms with E-state index >= 15 is 0 Å². The van der Waals surface area contributed by atoms with E-state index in [1.165, 1.54) is 11.3 Å². The van der Waals surface area contributed by atoms with Crippen molar-refractivity contribution >= 4 is 22.4 Å². The SMILES string of the molecule is Cc1ccc(OCC(=O)Nc2nc(C)c(-c3nc(-c4ccccc4C)no3)s2)cc1. The highest BCUT2D eigenvalue weighted by Gasteiger charge is 2.19. The number of amides is 1. The van der Waals surface area contributed by atoms with Gasteiger partial charge in [0.25, 0.3) is 11.8 Å². The Bertz CT molecular complexity index is 1180. The second-order valence-corrected chi connectivity index (χ2v) is 7.82. The first kappa shape index (κ1) is 19.8. The van der Waals surface area contributed by atoms with Crippen LogP contribution in [0, 0.1) is 20.8 Å². The average Bonchev–Trinajstić information content (AvgIpc) is 3.34. The summed E-state index contributed by atoms with van der Waals surface area (Å²) in [6.07, 6.45) is 0. The van der Waals surface area contributed by atoms with Crippen LogP contribution in [0.1, 0.15) is 16.8 Å². The van der Waals surface area contributed by atoms with Gasteiger partial charge in [0.05, 0.1) is 5.69 Å². The minimum absolute atomic E-state index is 0.102. The number of aryl methyl sites for hydroxylation is 3. The van der Waals surface area contributed by atoms with E-state index in [9.17, 15) is 4.79 Å². The fourth-order valence-electron chi connectivity index (χ4n) is 2.84. The van der Waals surface area contributed by atoms with E-state index < -0.39 is 0 Å². The summed E-state index contributed by atoms with van der Waals surface area (Å²) in [5, 5.41) is 7.30. The predicted octanol–water partition coefficient (Wildman–Crippen LogP) is 4.80. The molecular weight excluding hydrogens is 400 g/mol. The smallest absolute Gasteiger partial charge is 0.270 e. The van der Waals surface area contributed by atoms with E-state index in [4.69, 9.17) is 9.26 Å². The van der Waals surface area contributed by atoms with Crippen molar-refractivity contribution in [3.05, 3.63) is 65.4 Å². The number of hydrogen-bond acceptors (Lipinski definition) is 7. The molecule has 2 aromatic carbocycles. The third-order valence-corrected chi connectivity index (χ3v) is 5.50. The van der Waals surface area contributed by atoms with Gasteiger partial charge in [0.2, 0.25) is 5.82 Å². The Kier molecular flexibility index (Phi) is 5.58. The van der Waals surface area contributed by atoms with Crippen LogP contribution in [-0.4, -0.2) is 27.6 Å². The standard InChI is InChI=1S/C22H20N4O3S/c1-13-8-10-16(11-9-13)28-12-18(27)24-22-23-15(3)19(30-22)21-25-20(26-29-21)17-7-5-4-6-14(17)2/h4-11H,12H2,1-3H3,(H,23,24,27). The molecule has 0 saturated heterocycles. The number of benzene rings is 2. The van der Waals surface area contributed by atoms with Gasteiger partial charge in [0.1, 0.15) is 10.6 Å². The largest absolute Gasteiger partial charge is 0.484 e. The highest BCUT2D eigenvalue weighted by molar-refractivity contribution is 7.19. The Morgan fingerprint density at radius 3 is 2.60 bits per heavy atom. The lowest BCUT2D eigenvalue weighted by Crippen LogP contribution is -2.20. The first-order valence-electron chi connectivity index (χ1n) is 9.36. The maximum absolute atomic E-state index is 12.2.